The van der Waals surface area contributed by atoms with E-state index in [-0.39, 0.29) is 13.0 Å². The summed E-state index contributed by atoms with van der Waals surface area (Å²) < 4.78 is 0. The molecule has 144 valence electrons. The van der Waals surface area contributed by atoms with Crippen molar-refractivity contribution in [3.05, 3.63) is 60.0 Å². The van der Waals surface area contributed by atoms with Gasteiger partial charge in [-0.3, -0.25) is 0 Å². The lowest BCUT2D eigenvalue weighted by Crippen LogP contribution is -2.43. The Morgan fingerprint density at radius 1 is 1.04 bits per heavy atom. The van der Waals surface area contributed by atoms with Crippen molar-refractivity contribution in [1.29, 1.82) is 0 Å². The zero-order valence-electron chi connectivity index (χ0n) is 14.8. The van der Waals surface area contributed by atoms with Gasteiger partial charge < -0.3 is 20.8 Å². The number of thiazole rings is 1. The molecule has 0 saturated heterocycles. The number of anilines is 1. The fourth-order valence-corrected chi connectivity index (χ4v) is 3.39. The van der Waals surface area contributed by atoms with Gasteiger partial charge in [0.05, 0.1) is 5.69 Å². The highest BCUT2D eigenvalue weighted by Crippen LogP contribution is 2.29. The first-order valence-electron chi connectivity index (χ1n) is 8.59. The average molecular weight is 397 g/mol. The molecule has 28 heavy (non-hydrogen) atoms. The molecule has 8 heteroatoms. The molecule has 1 unspecified atom stereocenters. The van der Waals surface area contributed by atoms with Crippen molar-refractivity contribution in [3.8, 4) is 21.8 Å². The highest BCUT2D eigenvalue weighted by Gasteiger charge is 2.19. The van der Waals surface area contributed by atoms with Gasteiger partial charge in [-0.25, -0.2) is 14.6 Å². The third kappa shape index (κ3) is 4.93. The lowest BCUT2D eigenvalue weighted by molar-refractivity contribution is -0.139. The maximum Gasteiger partial charge on any atom is 0.326 e. The van der Waals surface area contributed by atoms with Crippen LogP contribution in [0.4, 0.5) is 10.5 Å². The molecule has 0 fully saturated rings. The molecule has 3 aromatic rings. The van der Waals surface area contributed by atoms with Gasteiger partial charge in [0.15, 0.2) is 0 Å². The summed E-state index contributed by atoms with van der Waals surface area (Å²) in [6.45, 7) is -0.329. The molecule has 2 aromatic carbocycles. The zero-order chi connectivity index (χ0) is 19.9. The second kappa shape index (κ2) is 9.12. The van der Waals surface area contributed by atoms with Crippen molar-refractivity contribution in [2.75, 3.05) is 11.9 Å². The first-order valence-corrected chi connectivity index (χ1v) is 9.47. The van der Waals surface area contributed by atoms with Gasteiger partial charge in [-0.05, 0) is 12.1 Å². The highest BCUT2D eigenvalue weighted by molar-refractivity contribution is 7.13. The smallest absolute Gasteiger partial charge is 0.326 e. The number of amides is 2. The number of nitrogens with one attached hydrogen (secondary N) is 2. The van der Waals surface area contributed by atoms with Crippen LogP contribution in [0.3, 0.4) is 0 Å². The monoisotopic (exact) mass is 397 g/mol. The fourth-order valence-electron chi connectivity index (χ4n) is 2.56. The van der Waals surface area contributed by atoms with Crippen LogP contribution in [0.15, 0.2) is 60.0 Å². The Morgan fingerprint density at radius 2 is 1.75 bits per heavy atom. The minimum atomic E-state index is -1.20. The molecule has 0 aliphatic carbocycles. The zero-order valence-corrected chi connectivity index (χ0v) is 15.6. The summed E-state index contributed by atoms with van der Waals surface area (Å²) in [6.07, 6.45) is -0.0603. The molecule has 0 saturated carbocycles. The minimum absolute atomic E-state index is 0.0603. The van der Waals surface area contributed by atoms with Crippen LogP contribution in [0.5, 0.6) is 0 Å². The summed E-state index contributed by atoms with van der Waals surface area (Å²) in [6, 6.07) is 15.2. The van der Waals surface area contributed by atoms with Crippen LogP contribution in [0.2, 0.25) is 0 Å². The number of aliphatic hydroxyl groups excluding tert-OH is 1. The van der Waals surface area contributed by atoms with Gasteiger partial charge in [0, 0.05) is 35.2 Å². The van der Waals surface area contributed by atoms with Crippen molar-refractivity contribution in [2.45, 2.75) is 12.5 Å². The number of carbonyl (C=O) groups is 2. The van der Waals surface area contributed by atoms with E-state index in [4.69, 9.17) is 10.2 Å². The van der Waals surface area contributed by atoms with Crippen LogP contribution < -0.4 is 10.6 Å². The molecular formula is C20H19N3O4S. The number of benzene rings is 2. The Kier molecular flexibility index (Phi) is 6.36. The van der Waals surface area contributed by atoms with E-state index < -0.39 is 18.0 Å². The Labute approximate surface area is 165 Å². The van der Waals surface area contributed by atoms with Gasteiger partial charge in [0.2, 0.25) is 0 Å². The van der Waals surface area contributed by atoms with E-state index in [0.717, 1.165) is 21.8 Å². The molecule has 1 heterocycles. The van der Waals surface area contributed by atoms with E-state index in [1.54, 1.807) is 23.5 Å². The first kappa shape index (κ1) is 19.5. The van der Waals surface area contributed by atoms with Crippen molar-refractivity contribution in [3.63, 3.8) is 0 Å². The number of hydrogen-bond donors (Lipinski definition) is 4. The van der Waals surface area contributed by atoms with E-state index in [9.17, 15) is 9.59 Å². The third-order valence-corrected chi connectivity index (χ3v) is 4.88. The topological polar surface area (TPSA) is 112 Å². The largest absolute Gasteiger partial charge is 0.480 e. The van der Waals surface area contributed by atoms with Crippen molar-refractivity contribution in [2.24, 2.45) is 0 Å². The second-order valence-electron chi connectivity index (χ2n) is 5.98. The predicted molar refractivity (Wildman–Crippen MR) is 108 cm³/mol. The number of aromatic nitrogens is 1. The van der Waals surface area contributed by atoms with E-state index in [0.29, 0.717) is 5.69 Å². The Morgan fingerprint density at radius 3 is 2.39 bits per heavy atom. The molecule has 4 N–H and O–H groups in total. The lowest BCUT2D eigenvalue weighted by Gasteiger charge is -2.14. The van der Waals surface area contributed by atoms with Gasteiger partial charge in [-0.1, -0.05) is 42.5 Å². The molecular weight excluding hydrogens is 378 g/mol. The summed E-state index contributed by atoms with van der Waals surface area (Å²) in [5, 5.41) is 25.7. The normalized spacial score (nSPS) is 11.6. The van der Waals surface area contributed by atoms with Crippen LogP contribution in [-0.4, -0.2) is 39.8 Å². The van der Waals surface area contributed by atoms with Crippen LogP contribution in [0, 0.1) is 0 Å². The highest BCUT2D eigenvalue weighted by atomic mass is 32.1. The SMILES string of the molecule is O=C(Nc1ccc(-c2csc(-c3ccccc3)n2)cc1)NC(CCO)C(=O)O. The lowest BCUT2D eigenvalue weighted by atomic mass is 10.1. The average Bonchev–Trinajstić information content (AvgIpc) is 3.19. The molecule has 1 atom stereocenters. The van der Waals surface area contributed by atoms with Crippen LogP contribution in [-0.2, 0) is 4.79 Å². The van der Waals surface area contributed by atoms with Crippen LogP contribution >= 0.6 is 11.3 Å². The number of aliphatic carboxylic acids is 1. The number of carboxylic acids is 1. The van der Waals surface area contributed by atoms with Gasteiger partial charge in [-0.15, -0.1) is 11.3 Å². The van der Waals surface area contributed by atoms with E-state index in [1.807, 2.05) is 47.8 Å². The third-order valence-electron chi connectivity index (χ3n) is 3.98. The summed E-state index contributed by atoms with van der Waals surface area (Å²) in [4.78, 5) is 27.6. The van der Waals surface area contributed by atoms with E-state index in [2.05, 4.69) is 15.6 Å². The number of carboxylic acid groups (broad SMARTS) is 1. The molecule has 3 rings (SSSR count). The predicted octanol–water partition coefficient (Wildman–Crippen LogP) is 3.43. The minimum Gasteiger partial charge on any atom is -0.480 e. The van der Waals surface area contributed by atoms with E-state index >= 15 is 0 Å². The van der Waals surface area contributed by atoms with Crippen molar-refractivity contribution >= 4 is 29.0 Å². The second-order valence-corrected chi connectivity index (χ2v) is 6.84. The summed E-state index contributed by atoms with van der Waals surface area (Å²) in [5.41, 5.74) is 3.33. The molecule has 0 aliphatic heterocycles. The van der Waals surface area contributed by atoms with Crippen LogP contribution in [0.1, 0.15) is 6.42 Å². The molecule has 0 radical (unpaired) electrons. The fraction of sp³-hybridized carbons (Fsp3) is 0.150. The quantitative estimate of drug-likeness (QED) is 0.488. The van der Waals surface area contributed by atoms with Gasteiger partial charge in [-0.2, -0.15) is 0 Å². The molecule has 0 bridgehead atoms. The summed E-state index contributed by atoms with van der Waals surface area (Å²) >= 11 is 1.56. The Hall–Kier alpha value is -3.23. The number of nitrogens with zero attached hydrogens (tertiary/aromatic N) is 1. The number of aliphatic hydroxyl groups is 1. The maximum absolute atomic E-state index is 11.9. The number of hydrogen-bond acceptors (Lipinski definition) is 5. The van der Waals surface area contributed by atoms with Gasteiger partial charge in [0.25, 0.3) is 0 Å². The van der Waals surface area contributed by atoms with Crippen LogP contribution in [0.25, 0.3) is 21.8 Å². The standard InChI is InChI=1S/C20H19N3O4S/c24-11-10-16(19(25)26)23-20(27)21-15-8-6-13(7-9-15)17-12-28-18(22-17)14-4-2-1-3-5-14/h1-9,12,16,24H,10-11H2,(H,25,26)(H2,21,23,27). The van der Waals surface area contributed by atoms with Gasteiger partial charge in [0.1, 0.15) is 11.0 Å². The van der Waals surface area contributed by atoms with Gasteiger partial charge >= 0.3 is 12.0 Å². The number of carbonyl (C=O) groups excluding carboxylic acids is 1. The summed E-state index contributed by atoms with van der Waals surface area (Å²) in [7, 11) is 0. The summed E-state index contributed by atoms with van der Waals surface area (Å²) in [5.74, 6) is -1.20. The Balaban J connectivity index is 1.64. The number of rotatable bonds is 7. The molecule has 1 aromatic heterocycles. The maximum atomic E-state index is 11.9. The molecule has 0 spiro atoms. The van der Waals surface area contributed by atoms with Crippen molar-refractivity contribution < 1.29 is 19.8 Å². The molecule has 2 amide bonds. The molecule has 0 aliphatic rings. The number of urea groups is 1. The first-order chi connectivity index (χ1) is 13.6. The Bertz CT molecular complexity index is 942. The molecule has 7 nitrogen and oxygen atoms in total. The van der Waals surface area contributed by atoms with E-state index in [1.165, 1.54) is 0 Å². The van der Waals surface area contributed by atoms with Crippen molar-refractivity contribution in [1.82, 2.24) is 10.3 Å².